The van der Waals surface area contributed by atoms with Crippen molar-refractivity contribution in [3.63, 3.8) is 0 Å². The molecule has 3 fully saturated rings. The molecule has 9 heteroatoms. The van der Waals surface area contributed by atoms with Crippen LogP contribution in [0.5, 0.6) is 0 Å². The number of rotatable bonds is 5. The first kappa shape index (κ1) is 17.3. The largest absolute Gasteiger partial charge is 0.328 e. The quantitative estimate of drug-likeness (QED) is 0.814. The second-order valence-electron chi connectivity index (χ2n) is 7.05. The van der Waals surface area contributed by atoms with Crippen molar-refractivity contribution in [3.8, 4) is 0 Å². The van der Waals surface area contributed by atoms with Gasteiger partial charge in [0.25, 0.3) is 6.43 Å². The molecule has 1 aliphatic carbocycles. The van der Waals surface area contributed by atoms with E-state index in [9.17, 15) is 13.6 Å². The average Bonchev–Trinajstić information content (AvgIpc) is 3.35. The Hall–Kier alpha value is -1.16. The molecule has 1 amide bonds. The molecule has 6 nitrogen and oxygen atoms in total. The number of amides is 1. The molecule has 0 aromatic carbocycles. The van der Waals surface area contributed by atoms with Crippen LogP contribution >= 0.6 is 11.3 Å². The molecule has 3 aliphatic rings. The van der Waals surface area contributed by atoms with Gasteiger partial charge in [-0.1, -0.05) is 0 Å². The van der Waals surface area contributed by atoms with Crippen LogP contribution in [0.2, 0.25) is 0 Å². The van der Waals surface area contributed by atoms with Crippen LogP contribution in [-0.2, 0) is 11.3 Å². The van der Waals surface area contributed by atoms with Gasteiger partial charge in [0, 0.05) is 50.4 Å². The van der Waals surface area contributed by atoms with E-state index in [1.165, 1.54) is 17.8 Å². The summed E-state index contributed by atoms with van der Waals surface area (Å²) < 4.78 is 25.9. The van der Waals surface area contributed by atoms with E-state index in [2.05, 4.69) is 20.9 Å². The molecule has 0 bridgehead atoms. The van der Waals surface area contributed by atoms with E-state index < -0.39 is 18.8 Å². The Labute approximate surface area is 149 Å². The number of nitrogens with one attached hydrogen (secondary N) is 2. The number of alkyl halides is 2. The topological polar surface area (TPSA) is 60.5 Å². The standard InChI is InChI=1S/C16H23F2N5OS/c17-14(18)12-7-13(24)21-16(20-12)23-5-3-22(4-6-23)8-11-9-25-15(19-11)10-1-2-10/h9-10,12,14,16,20H,1-8H2,(H,21,24). The molecule has 1 saturated carbocycles. The summed E-state index contributed by atoms with van der Waals surface area (Å²) in [4.78, 5) is 20.8. The monoisotopic (exact) mass is 371 g/mol. The summed E-state index contributed by atoms with van der Waals surface area (Å²) in [6.45, 7) is 3.97. The van der Waals surface area contributed by atoms with E-state index in [4.69, 9.17) is 4.98 Å². The van der Waals surface area contributed by atoms with Gasteiger partial charge in [-0.2, -0.15) is 0 Å². The van der Waals surface area contributed by atoms with E-state index in [0.717, 1.165) is 38.4 Å². The Morgan fingerprint density at radius 3 is 2.72 bits per heavy atom. The number of piperazine rings is 1. The maximum atomic E-state index is 12.9. The number of thiazole rings is 1. The lowest BCUT2D eigenvalue weighted by Gasteiger charge is -2.42. The van der Waals surface area contributed by atoms with Crippen LogP contribution in [0.1, 0.15) is 35.9 Å². The van der Waals surface area contributed by atoms with Crippen LogP contribution < -0.4 is 10.6 Å². The maximum absolute atomic E-state index is 12.9. The van der Waals surface area contributed by atoms with Gasteiger partial charge in [0.05, 0.1) is 16.7 Å². The Bertz CT molecular complexity index is 615. The van der Waals surface area contributed by atoms with Crippen LogP contribution in [0.25, 0.3) is 0 Å². The third kappa shape index (κ3) is 4.16. The fourth-order valence-electron chi connectivity index (χ4n) is 3.39. The summed E-state index contributed by atoms with van der Waals surface area (Å²) >= 11 is 1.76. The third-order valence-corrected chi connectivity index (χ3v) is 6.09. The minimum atomic E-state index is -2.53. The van der Waals surface area contributed by atoms with Gasteiger partial charge in [-0.3, -0.25) is 19.9 Å². The van der Waals surface area contributed by atoms with E-state index in [1.54, 1.807) is 11.3 Å². The van der Waals surface area contributed by atoms with E-state index in [-0.39, 0.29) is 12.3 Å². The molecule has 2 aliphatic heterocycles. The first-order chi connectivity index (χ1) is 12.1. The molecule has 1 aromatic heterocycles. The third-order valence-electron chi connectivity index (χ3n) is 5.03. The van der Waals surface area contributed by atoms with Gasteiger partial charge in [0.2, 0.25) is 5.91 Å². The summed E-state index contributed by atoms with van der Waals surface area (Å²) in [5.41, 5.74) is 1.13. The average molecular weight is 371 g/mol. The fraction of sp³-hybridized carbons (Fsp3) is 0.750. The molecule has 138 valence electrons. The SMILES string of the molecule is O=C1CC(C(F)F)NC(N2CCN(Cc3csc(C4CC4)n3)CC2)N1. The lowest BCUT2D eigenvalue weighted by atomic mass is 10.1. The predicted octanol–water partition coefficient (Wildman–Crippen LogP) is 1.16. The number of hydrogen-bond donors (Lipinski definition) is 2. The zero-order valence-electron chi connectivity index (χ0n) is 14.0. The summed E-state index contributed by atoms with van der Waals surface area (Å²) in [7, 11) is 0. The van der Waals surface area contributed by atoms with Crippen molar-refractivity contribution in [1.82, 2.24) is 25.4 Å². The van der Waals surface area contributed by atoms with E-state index >= 15 is 0 Å². The van der Waals surface area contributed by atoms with Gasteiger partial charge < -0.3 is 5.32 Å². The van der Waals surface area contributed by atoms with Crippen molar-refractivity contribution < 1.29 is 13.6 Å². The van der Waals surface area contributed by atoms with Crippen molar-refractivity contribution in [3.05, 3.63) is 16.1 Å². The van der Waals surface area contributed by atoms with Crippen molar-refractivity contribution in [1.29, 1.82) is 0 Å². The maximum Gasteiger partial charge on any atom is 0.254 e. The van der Waals surface area contributed by atoms with Crippen molar-refractivity contribution in [2.75, 3.05) is 26.2 Å². The van der Waals surface area contributed by atoms with Gasteiger partial charge in [-0.15, -0.1) is 11.3 Å². The highest BCUT2D eigenvalue weighted by molar-refractivity contribution is 7.09. The van der Waals surface area contributed by atoms with E-state index in [1.807, 2.05) is 4.90 Å². The summed E-state index contributed by atoms with van der Waals surface area (Å²) in [5, 5.41) is 9.04. The molecule has 0 radical (unpaired) electrons. The highest BCUT2D eigenvalue weighted by Gasteiger charge is 2.35. The minimum absolute atomic E-state index is 0.165. The summed E-state index contributed by atoms with van der Waals surface area (Å²) in [6.07, 6.45) is -0.652. The lowest BCUT2D eigenvalue weighted by molar-refractivity contribution is -0.129. The van der Waals surface area contributed by atoms with Crippen LogP contribution in [0.3, 0.4) is 0 Å². The van der Waals surface area contributed by atoms with Crippen molar-refractivity contribution >= 4 is 17.2 Å². The summed E-state index contributed by atoms with van der Waals surface area (Å²) in [6, 6.07) is -1.06. The Morgan fingerprint density at radius 1 is 1.28 bits per heavy atom. The first-order valence-electron chi connectivity index (χ1n) is 8.83. The van der Waals surface area contributed by atoms with Gasteiger partial charge in [0.15, 0.2) is 0 Å². The number of halogens is 2. The van der Waals surface area contributed by atoms with Crippen molar-refractivity contribution in [2.24, 2.45) is 0 Å². The molecule has 2 atom stereocenters. The zero-order valence-corrected chi connectivity index (χ0v) is 14.8. The van der Waals surface area contributed by atoms with Crippen LogP contribution in [0.15, 0.2) is 5.38 Å². The van der Waals surface area contributed by atoms with Crippen LogP contribution in [0, 0.1) is 0 Å². The molecular weight excluding hydrogens is 348 g/mol. The fourth-order valence-corrected chi connectivity index (χ4v) is 4.38. The molecule has 4 rings (SSSR count). The molecule has 1 aromatic rings. The zero-order chi connectivity index (χ0) is 17.4. The number of nitrogens with zero attached hydrogens (tertiary/aromatic N) is 3. The van der Waals surface area contributed by atoms with E-state index in [0.29, 0.717) is 5.92 Å². The molecule has 2 unspecified atom stereocenters. The Kier molecular flexibility index (Phi) is 4.99. The van der Waals surface area contributed by atoms with Crippen molar-refractivity contribution in [2.45, 2.75) is 50.5 Å². The summed E-state index contributed by atoms with van der Waals surface area (Å²) in [5.74, 6) is 0.380. The number of aromatic nitrogens is 1. The molecule has 2 N–H and O–H groups in total. The van der Waals surface area contributed by atoms with Gasteiger partial charge >= 0.3 is 0 Å². The van der Waals surface area contributed by atoms with Gasteiger partial charge in [0.1, 0.15) is 6.29 Å². The second kappa shape index (κ2) is 7.22. The van der Waals surface area contributed by atoms with Crippen LogP contribution in [0.4, 0.5) is 8.78 Å². The molecule has 25 heavy (non-hydrogen) atoms. The normalized spacial score (nSPS) is 29.2. The molecule has 2 saturated heterocycles. The minimum Gasteiger partial charge on any atom is -0.328 e. The highest BCUT2D eigenvalue weighted by atomic mass is 32.1. The number of carbonyl (C=O) groups is 1. The molecular formula is C16H23F2N5OS. The lowest BCUT2D eigenvalue weighted by Crippen LogP contribution is -2.67. The number of carbonyl (C=O) groups excluding carboxylic acids is 1. The van der Waals surface area contributed by atoms with Gasteiger partial charge in [-0.25, -0.2) is 13.8 Å². The Morgan fingerprint density at radius 2 is 2.04 bits per heavy atom. The van der Waals surface area contributed by atoms with Crippen LogP contribution in [-0.4, -0.2) is 65.6 Å². The number of hydrogen-bond acceptors (Lipinski definition) is 6. The first-order valence-corrected chi connectivity index (χ1v) is 9.71. The van der Waals surface area contributed by atoms with Gasteiger partial charge in [-0.05, 0) is 12.8 Å². The predicted molar refractivity (Wildman–Crippen MR) is 90.4 cm³/mol. The molecule has 0 spiro atoms. The Balaban J connectivity index is 1.28. The second-order valence-corrected chi connectivity index (χ2v) is 7.93. The smallest absolute Gasteiger partial charge is 0.254 e. The molecule has 3 heterocycles. The highest BCUT2D eigenvalue weighted by Crippen LogP contribution is 2.41.